The van der Waals surface area contributed by atoms with Gasteiger partial charge in [-0.25, -0.2) is 9.69 Å². The average molecular weight is 155 g/mol. The van der Waals surface area contributed by atoms with E-state index in [1.807, 2.05) is 0 Å². The van der Waals surface area contributed by atoms with Gasteiger partial charge in [0.2, 0.25) is 0 Å². The van der Waals surface area contributed by atoms with Gasteiger partial charge < -0.3 is 4.74 Å². The van der Waals surface area contributed by atoms with E-state index in [1.165, 1.54) is 0 Å². The molecule has 2 amide bonds. The van der Waals surface area contributed by atoms with Crippen molar-refractivity contribution in [2.75, 3.05) is 13.2 Å². The monoisotopic (exact) mass is 155 g/mol. The van der Waals surface area contributed by atoms with Gasteiger partial charge in [-0.05, 0) is 6.92 Å². The predicted octanol–water partition coefficient (Wildman–Crippen LogP) is 0.541. The van der Waals surface area contributed by atoms with Crippen LogP contribution in [-0.2, 0) is 9.53 Å². The highest BCUT2D eigenvalue weighted by Gasteiger charge is 2.28. The van der Waals surface area contributed by atoms with Gasteiger partial charge in [0, 0.05) is 5.57 Å². The zero-order chi connectivity index (χ0) is 8.43. The number of amides is 2. The molecule has 0 aromatic heterocycles. The van der Waals surface area contributed by atoms with Crippen LogP contribution in [0, 0.1) is 0 Å². The lowest BCUT2D eigenvalue weighted by molar-refractivity contribution is -0.123. The number of carbonyl (C=O) groups is 2. The van der Waals surface area contributed by atoms with Crippen LogP contribution in [0.5, 0.6) is 0 Å². The standard InChI is InChI=1S/C7H9NO3/c1-5(2)6(9)8-3-4-11-7(8)10/h1,3-4H2,2H3. The summed E-state index contributed by atoms with van der Waals surface area (Å²) < 4.78 is 4.56. The van der Waals surface area contributed by atoms with Crippen molar-refractivity contribution in [3.63, 3.8) is 0 Å². The summed E-state index contributed by atoms with van der Waals surface area (Å²) in [4.78, 5) is 22.9. The first-order chi connectivity index (χ1) is 5.13. The Labute approximate surface area is 64.4 Å². The second-order valence-electron chi connectivity index (χ2n) is 2.35. The van der Waals surface area contributed by atoms with Crippen LogP contribution in [0.25, 0.3) is 0 Å². The van der Waals surface area contributed by atoms with Crippen molar-refractivity contribution >= 4 is 12.0 Å². The second kappa shape index (κ2) is 2.74. The van der Waals surface area contributed by atoms with Crippen LogP contribution < -0.4 is 0 Å². The summed E-state index contributed by atoms with van der Waals surface area (Å²) in [5.41, 5.74) is 0.351. The highest BCUT2D eigenvalue weighted by atomic mass is 16.6. The van der Waals surface area contributed by atoms with E-state index in [4.69, 9.17) is 0 Å². The molecule has 0 atom stereocenters. The van der Waals surface area contributed by atoms with Crippen molar-refractivity contribution in [2.45, 2.75) is 6.92 Å². The SMILES string of the molecule is C=C(C)C(=O)N1CCOC1=O. The molecule has 1 rings (SSSR count). The van der Waals surface area contributed by atoms with Crippen LogP contribution in [0.15, 0.2) is 12.2 Å². The van der Waals surface area contributed by atoms with E-state index in [-0.39, 0.29) is 12.5 Å². The second-order valence-corrected chi connectivity index (χ2v) is 2.35. The van der Waals surface area contributed by atoms with Crippen LogP contribution in [0.4, 0.5) is 4.79 Å². The summed E-state index contributed by atoms with van der Waals surface area (Å²) in [6.45, 7) is 5.63. The van der Waals surface area contributed by atoms with Gasteiger partial charge in [-0.2, -0.15) is 0 Å². The molecule has 0 aromatic rings. The fraction of sp³-hybridized carbons (Fsp3) is 0.429. The molecule has 0 N–H and O–H groups in total. The summed E-state index contributed by atoms with van der Waals surface area (Å²) in [5, 5.41) is 0. The van der Waals surface area contributed by atoms with E-state index in [0.29, 0.717) is 12.1 Å². The number of hydrogen-bond donors (Lipinski definition) is 0. The summed E-state index contributed by atoms with van der Waals surface area (Å²) >= 11 is 0. The number of cyclic esters (lactones) is 1. The topological polar surface area (TPSA) is 46.6 Å². The van der Waals surface area contributed by atoms with Gasteiger partial charge in [-0.15, -0.1) is 0 Å². The molecule has 0 spiro atoms. The fourth-order valence-electron chi connectivity index (χ4n) is 0.808. The van der Waals surface area contributed by atoms with E-state index in [2.05, 4.69) is 11.3 Å². The zero-order valence-corrected chi connectivity index (χ0v) is 6.29. The normalized spacial score (nSPS) is 16.5. The minimum Gasteiger partial charge on any atom is -0.447 e. The summed E-state index contributed by atoms with van der Waals surface area (Å²) in [6.07, 6.45) is -0.571. The summed E-state index contributed by atoms with van der Waals surface area (Å²) in [6, 6.07) is 0. The van der Waals surface area contributed by atoms with Crippen LogP contribution >= 0.6 is 0 Å². The molecule has 11 heavy (non-hydrogen) atoms. The number of hydrogen-bond acceptors (Lipinski definition) is 3. The number of carbonyl (C=O) groups excluding carboxylic acids is 2. The van der Waals surface area contributed by atoms with Gasteiger partial charge in [0.15, 0.2) is 0 Å². The minimum absolute atomic E-state index is 0.290. The molecule has 1 aliphatic heterocycles. The van der Waals surface area contributed by atoms with Gasteiger partial charge in [0.05, 0.1) is 6.54 Å². The van der Waals surface area contributed by atoms with E-state index >= 15 is 0 Å². The van der Waals surface area contributed by atoms with Crippen molar-refractivity contribution < 1.29 is 14.3 Å². The quantitative estimate of drug-likeness (QED) is 0.519. The number of ether oxygens (including phenoxy) is 1. The number of imide groups is 1. The van der Waals surface area contributed by atoms with E-state index in [9.17, 15) is 9.59 Å². The van der Waals surface area contributed by atoms with E-state index in [0.717, 1.165) is 4.90 Å². The Bertz CT molecular complexity index is 222. The molecule has 4 nitrogen and oxygen atoms in total. The molecule has 0 unspecified atom stereocenters. The molecule has 60 valence electrons. The van der Waals surface area contributed by atoms with Crippen LogP contribution in [0.1, 0.15) is 6.92 Å². The van der Waals surface area contributed by atoms with Crippen LogP contribution in [-0.4, -0.2) is 30.1 Å². The Hall–Kier alpha value is -1.32. The molecule has 4 heteroatoms. The Morgan fingerprint density at radius 1 is 1.73 bits per heavy atom. The molecule has 0 radical (unpaired) electrons. The van der Waals surface area contributed by atoms with Crippen molar-refractivity contribution in [3.8, 4) is 0 Å². The number of nitrogens with zero attached hydrogens (tertiary/aromatic N) is 1. The fourth-order valence-corrected chi connectivity index (χ4v) is 0.808. The summed E-state index contributed by atoms with van der Waals surface area (Å²) in [7, 11) is 0. The third kappa shape index (κ3) is 1.39. The maximum Gasteiger partial charge on any atom is 0.416 e. The van der Waals surface area contributed by atoms with E-state index < -0.39 is 6.09 Å². The molecule has 0 aromatic carbocycles. The lowest BCUT2D eigenvalue weighted by atomic mass is 10.3. The minimum atomic E-state index is -0.571. The molecular formula is C7H9NO3. The first kappa shape index (κ1) is 7.78. The van der Waals surface area contributed by atoms with Crippen LogP contribution in [0.3, 0.4) is 0 Å². The lowest BCUT2D eigenvalue weighted by Crippen LogP contribution is -2.31. The molecule has 1 fully saturated rings. The highest BCUT2D eigenvalue weighted by Crippen LogP contribution is 2.06. The maximum absolute atomic E-state index is 11.1. The van der Waals surface area contributed by atoms with E-state index in [1.54, 1.807) is 6.92 Å². The van der Waals surface area contributed by atoms with Gasteiger partial charge in [0.1, 0.15) is 6.61 Å². The Morgan fingerprint density at radius 2 is 2.36 bits per heavy atom. The average Bonchev–Trinajstić information content (AvgIpc) is 2.33. The van der Waals surface area contributed by atoms with Crippen molar-refractivity contribution in [2.24, 2.45) is 0 Å². The molecule has 0 bridgehead atoms. The third-order valence-corrected chi connectivity index (χ3v) is 1.37. The Balaban J connectivity index is 2.67. The first-order valence-electron chi connectivity index (χ1n) is 3.27. The molecule has 0 saturated carbocycles. The number of rotatable bonds is 1. The first-order valence-corrected chi connectivity index (χ1v) is 3.27. The highest BCUT2D eigenvalue weighted by molar-refractivity contribution is 6.02. The molecule has 1 heterocycles. The van der Waals surface area contributed by atoms with Gasteiger partial charge in [0.25, 0.3) is 5.91 Å². The molecule has 1 saturated heterocycles. The van der Waals surface area contributed by atoms with Gasteiger partial charge in [-0.3, -0.25) is 4.79 Å². The molecular weight excluding hydrogens is 146 g/mol. The zero-order valence-electron chi connectivity index (χ0n) is 6.29. The van der Waals surface area contributed by atoms with Gasteiger partial charge in [-0.1, -0.05) is 6.58 Å². The molecule has 1 aliphatic rings. The lowest BCUT2D eigenvalue weighted by Gasteiger charge is -2.08. The maximum atomic E-state index is 11.1. The third-order valence-electron chi connectivity index (χ3n) is 1.37. The van der Waals surface area contributed by atoms with Gasteiger partial charge >= 0.3 is 6.09 Å². The predicted molar refractivity (Wildman–Crippen MR) is 37.9 cm³/mol. The van der Waals surface area contributed by atoms with Crippen molar-refractivity contribution in [1.29, 1.82) is 0 Å². The Morgan fingerprint density at radius 3 is 2.73 bits per heavy atom. The smallest absolute Gasteiger partial charge is 0.416 e. The summed E-state index contributed by atoms with van der Waals surface area (Å²) in [5.74, 6) is -0.354. The Kier molecular flexibility index (Phi) is 1.94. The van der Waals surface area contributed by atoms with Crippen LogP contribution in [0.2, 0.25) is 0 Å². The van der Waals surface area contributed by atoms with Crippen molar-refractivity contribution in [3.05, 3.63) is 12.2 Å². The molecule has 0 aliphatic carbocycles. The largest absolute Gasteiger partial charge is 0.447 e. The van der Waals surface area contributed by atoms with Crippen molar-refractivity contribution in [1.82, 2.24) is 4.90 Å².